The number of fused-ring (bicyclic) bond motifs is 1. The molecule has 3 rings (SSSR count). The van der Waals surface area contributed by atoms with Crippen molar-refractivity contribution < 1.29 is 4.74 Å². The first-order valence-corrected chi connectivity index (χ1v) is 8.74. The summed E-state index contributed by atoms with van der Waals surface area (Å²) in [5.41, 5.74) is 1.35. The summed E-state index contributed by atoms with van der Waals surface area (Å²) in [5, 5.41) is 2.53. The Morgan fingerprint density at radius 2 is 1.82 bits per heavy atom. The van der Waals surface area contributed by atoms with Gasteiger partial charge in [-0.3, -0.25) is 4.90 Å². The van der Waals surface area contributed by atoms with Gasteiger partial charge in [0, 0.05) is 11.9 Å². The number of hydrogen-bond donors (Lipinski definition) is 0. The molecule has 2 aromatic rings. The largest absolute Gasteiger partial charge is 0.491 e. The van der Waals surface area contributed by atoms with E-state index in [4.69, 9.17) is 4.74 Å². The van der Waals surface area contributed by atoms with Gasteiger partial charge >= 0.3 is 0 Å². The van der Waals surface area contributed by atoms with Crippen molar-refractivity contribution in [2.24, 2.45) is 0 Å². The zero-order chi connectivity index (χ0) is 15.2. The van der Waals surface area contributed by atoms with Gasteiger partial charge in [-0.25, -0.2) is 0 Å². The number of likely N-dealkylation sites (tertiary alicyclic amines) is 1. The Labute approximate surface area is 134 Å². The maximum absolute atomic E-state index is 6.26. The maximum Gasteiger partial charge on any atom is 0.130 e. The fourth-order valence-corrected chi connectivity index (χ4v) is 3.38. The number of benzene rings is 2. The Bertz CT molecular complexity index is 602. The first-order valence-electron chi connectivity index (χ1n) is 8.74. The average Bonchev–Trinajstić information content (AvgIpc) is 2.57. The molecule has 118 valence electrons. The second kappa shape index (κ2) is 7.64. The van der Waals surface area contributed by atoms with Crippen molar-refractivity contribution in [2.75, 3.05) is 26.2 Å². The van der Waals surface area contributed by atoms with Gasteiger partial charge in [0.15, 0.2) is 0 Å². The molecule has 0 aliphatic carbocycles. The summed E-state index contributed by atoms with van der Waals surface area (Å²) < 4.78 is 6.26. The van der Waals surface area contributed by atoms with Crippen LogP contribution in [0.3, 0.4) is 0 Å². The molecule has 1 aliphatic rings. The van der Waals surface area contributed by atoms with E-state index in [1.54, 1.807) is 0 Å². The van der Waals surface area contributed by atoms with Crippen molar-refractivity contribution >= 4 is 10.8 Å². The summed E-state index contributed by atoms with van der Waals surface area (Å²) in [7, 11) is 0. The molecule has 22 heavy (non-hydrogen) atoms. The first-order chi connectivity index (χ1) is 10.9. The maximum atomic E-state index is 6.26. The number of rotatable bonds is 6. The third-order valence-electron chi connectivity index (χ3n) is 4.58. The molecule has 0 bridgehead atoms. The van der Waals surface area contributed by atoms with E-state index in [9.17, 15) is 0 Å². The van der Waals surface area contributed by atoms with E-state index < -0.39 is 0 Å². The Kier molecular flexibility index (Phi) is 5.33. The molecule has 0 unspecified atom stereocenters. The second-order valence-electron chi connectivity index (χ2n) is 6.28. The zero-order valence-corrected chi connectivity index (χ0v) is 13.7. The number of piperidine rings is 1. The summed E-state index contributed by atoms with van der Waals surface area (Å²) in [4.78, 5) is 2.54. The third kappa shape index (κ3) is 3.61. The van der Waals surface area contributed by atoms with Crippen LogP contribution in [0.1, 0.15) is 38.2 Å². The van der Waals surface area contributed by atoms with Gasteiger partial charge in [-0.1, -0.05) is 56.2 Å². The van der Waals surface area contributed by atoms with Crippen LogP contribution in [0.25, 0.3) is 10.8 Å². The lowest BCUT2D eigenvalue weighted by Crippen LogP contribution is -2.33. The van der Waals surface area contributed by atoms with Crippen molar-refractivity contribution in [1.82, 2.24) is 4.90 Å². The first kappa shape index (κ1) is 15.4. The molecule has 0 amide bonds. The molecule has 0 saturated carbocycles. The van der Waals surface area contributed by atoms with Crippen LogP contribution in [0.15, 0.2) is 36.4 Å². The predicted molar refractivity (Wildman–Crippen MR) is 93.7 cm³/mol. The Hall–Kier alpha value is -1.54. The Morgan fingerprint density at radius 3 is 2.64 bits per heavy atom. The highest BCUT2D eigenvalue weighted by Gasteiger charge is 2.12. The summed E-state index contributed by atoms with van der Waals surface area (Å²) in [5.74, 6) is 1.11. The predicted octanol–water partition coefficient (Wildman–Crippen LogP) is 4.66. The van der Waals surface area contributed by atoms with Gasteiger partial charge in [0.2, 0.25) is 0 Å². The summed E-state index contributed by atoms with van der Waals surface area (Å²) in [6.45, 7) is 6.55. The van der Waals surface area contributed by atoms with E-state index in [1.807, 2.05) is 0 Å². The average molecular weight is 297 g/mol. The van der Waals surface area contributed by atoms with E-state index in [-0.39, 0.29) is 0 Å². The SMILES string of the molecule is CCCc1ccc2ccccc2c1OCCN1CCCCC1. The fourth-order valence-electron chi connectivity index (χ4n) is 3.38. The molecule has 2 nitrogen and oxygen atoms in total. The highest BCUT2D eigenvalue weighted by molar-refractivity contribution is 5.89. The van der Waals surface area contributed by atoms with Crippen LogP contribution in [0, 0.1) is 0 Å². The number of ether oxygens (including phenoxy) is 1. The Balaban J connectivity index is 1.73. The van der Waals surface area contributed by atoms with Crippen molar-refractivity contribution in [3.05, 3.63) is 42.0 Å². The zero-order valence-electron chi connectivity index (χ0n) is 13.7. The number of hydrogen-bond acceptors (Lipinski definition) is 2. The minimum atomic E-state index is 0.796. The van der Waals surface area contributed by atoms with Crippen LogP contribution in [-0.2, 0) is 6.42 Å². The number of aryl methyl sites for hydroxylation is 1. The van der Waals surface area contributed by atoms with Crippen LogP contribution in [-0.4, -0.2) is 31.1 Å². The molecule has 1 saturated heterocycles. The molecule has 0 spiro atoms. The van der Waals surface area contributed by atoms with Gasteiger partial charge < -0.3 is 4.74 Å². The molecular weight excluding hydrogens is 270 g/mol. The summed E-state index contributed by atoms with van der Waals surface area (Å²) >= 11 is 0. The molecule has 1 heterocycles. The lowest BCUT2D eigenvalue weighted by atomic mass is 10.0. The van der Waals surface area contributed by atoms with Gasteiger partial charge in [-0.2, -0.15) is 0 Å². The molecular formula is C20H27NO. The molecule has 1 aliphatic heterocycles. The van der Waals surface area contributed by atoms with Crippen LogP contribution >= 0.6 is 0 Å². The minimum Gasteiger partial charge on any atom is -0.491 e. The van der Waals surface area contributed by atoms with Crippen LogP contribution < -0.4 is 4.74 Å². The highest BCUT2D eigenvalue weighted by atomic mass is 16.5. The van der Waals surface area contributed by atoms with Crippen molar-refractivity contribution in [3.8, 4) is 5.75 Å². The van der Waals surface area contributed by atoms with Gasteiger partial charge in [-0.05, 0) is 43.3 Å². The number of nitrogens with zero attached hydrogens (tertiary/aromatic N) is 1. The van der Waals surface area contributed by atoms with Crippen LogP contribution in [0.4, 0.5) is 0 Å². The quantitative estimate of drug-likeness (QED) is 0.769. The summed E-state index contributed by atoms with van der Waals surface area (Å²) in [6.07, 6.45) is 6.32. The van der Waals surface area contributed by atoms with E-state index >= 15 is 0 Å². The molecule has 0 atom stereocenters. The molecule has 0 N–H and O–H groups in total. The van der Waals surface area contributed by atoms with Crippen molar-refractivity contribution in [3.63, 3.8) is 0 Å². The molecule has 2 aromatic carbocycles. The fraction of sp³-hybridized carbons (Fsp3) is 0.500. The van der Waals surface area contributed by atoms with Gasteiger partial charge in [0.05, 0.1) is 0 Å². The van der Waals surface area contributed by atoms with E-state index in [2.05, 4.69) is 48.2 Å². The lowest BCUT2D eigenvalue weighted by Gasteiger charge is -2.26. The van der Waals surface area contributed by atoms with Crippen LogP contribution in [0.5, 0.6) is 5.75 Å². The van der Waals surface area contributed by atoms with Crippen molar-refractivity contribution in [2.45, 2.75) is 39.0 Å². The molecule has 0 radical (unpaired) electrons. The third-order valence-corrected chi connectivity index (χ3v) is 4.58. The molecule has 0 aromatic heterocycles. The lowest BCUT2D eigenvalue weighted by molar-refractivity contribution is 0.183. The van der Waals surface area contributed by atoms with Crippen molar-refractivity contribution in [1.29, 1.82) is 0 Å². The van der Waals surface area contributed by atoms with E-state index in [0.717, 1.165) is 31.7 Å². The second-order valence-corrected chi connectivity index (χ2v) is 6.28. The van der Waals surface area contributed by atoms with Crippen LogP contribution in [0.2, 0.25) is 0 Å². The Morgan fingerprint density at radius 1 is 1.00 bits per heavy atom. The van der Waals surface area contributed by atoms with Gasteiger partial charge in [0.1, 0.15) is 12.4 Å². The molecule has 1 fully saturated rings. The van der Waals surface area contributed by atoms with Gasteiger partial charge in [-0.15, -0.1) is 0 Å². The standard InChI is InChI=1S/C20H27NO/c1-2-8-18-12-11-17-9-4-5-10-19(17)20(18)22-16-15-21-13-6-3-7-14-21/h4-5,9-12H,2-3,6-8,13-16H2,1H3. The minimum absolute atomic E-state index is 0.796. The van der Waals surface area contributed by atoms with E-state index in [1.165, 1.54) is 48.7 Å². The normalized spacial score (nSPS) is 16.0. The highest BCUT2D eigenvalue weighted by Crippen LogP contribution is 2.30. The molecule has 2 heteroatoms. The smallest absolute Gasteiger partial charge is 0.130 e. The van der Waals surface area contributed by atoms with E-state index in [0.29, 0.717) is 0 Å². The monoisotopic (exact) mass is 297 g/mol. The topological polar surface area (TPSA) is 12.5 Å². The summed E-state index contributed by atoms with van der Waals surface area (Å²) in [6, 6.07) is 13.0. The van der Waals surface area contributed by atoms with Gasteiger partial charge in [0.25, 0.3) is 0 Å².